The predicted octanol–water partition coefficient (Wildman–Crippen LogP) is 3.64. The highest BCUT2D eigenvalue weighted by Crippen LogP contribution is 2.20. The van der Waals surface area contributed by atoms with Crippen molar-refractivity contribution in [1.82, 2.24) is 5.32 Å². The van der Waals surface area contributed by atoms with Crippen LogP contribution in [0.3, 0.4) is 0 Å². The number of rotatable bonds is 7. The van der Waals surface area contributed by atoms with Gasteiger partial charge in [-0.1, -0.05) is 6.92 Å². The van der Waals surface area contributed by atoms with Crippen LogP contribution in [0, 0.1) is 11.6 Å². The van der Waals surface area contributed by atoms with Gasteiger partial charge >= 0.3 is 0 Å². The Morgan fingerprint density at radius 2 is 1.95 bits per heavy atom. The summed E-state index contributed by atoms with van der Waals surface area (Å²) >= 11 is 0. The fraction of sp³-hybridized carbons (Fsp3) is 0.333. The minimum atomic E-state index is -0.595. The third-order valence-electron chi connectivity index (χ3n) is 2.71. The number of ether oxygens (including phenoxy) is 1. The Balaban J connectivity index is 1.89. The van der Waals surface area contributed by atoms with Crippen molar-refractivity contribution in [3.63, 3.8) is 0 Å². The second-order valence-corrected chi connectivity index (χ2v) is 4.41. The van der Waals surface area contributed by atoms with Crippen molar-refractivity contribution in [1.29, 1.82) is 0 Å². The zero-order chi connectivity index (χ0) is 14.4. The molecule has 5 heteroatoms. The molecule has 3 nitrogen and oxygen atoms in total. The number of hydrogen-bond donors (Lipinski definition) is 1. The van der Waals surface area contributed by atoms with Gasteiger partial charge in [-0.2, -0.15) is 0 Å². The highest BCUT2D eigenvalue weighted by molar-refractivity contribution is 5.25. The minimum absolute atomic E-state index is 0.0636. The van der Waals surface area contributed by atoms with Gasteiger partial charge in [0, 0.05) is 6.07 Å². The fourth-order valence-corrected chi connectivity index (χ4v) is 1.72. The molecule has 0 saturated carbocycles. The second-order valence-electron chi connectivity index (χ2n) is 4.41. The molecule has 0 saturated heterocycles. The number of halogens is 2. The molecule has 0 amide bonds. The van der Waals surface area contributed by atoms with Crippen LogP contribution in [0.2, 0.25) is 0 Å². The van der Waals surface area contributed by atoms with Gasteiger partial charge in [-0.05, 0) is 37.2 Å². The van der Waals surface area contributed by atoms with Gasteiger partial charge in [0.1, 0.15) is 23.9 Å². The summed E-state index contributed by atoms with van der Waals surface area (Å²) < 4.78 is 37.1. The molecule has 2 rings (SSSR count). The van der Waals surface area contributed by atoms with Gasteiger partial charge in [-0.15, -0.1) is 0 Å². The lowest BCUT2D eigenvalue weighted by atomic mass is 10.3. The Hall–Kier alpha value is -1.88. The quantitative estimate of drug-likeness (QED) is 0.787. The summed E-state index contributed by atoms with van der Waals surface area (Å²) in [5.41, 5.74) is 0. The monoisotopic (exact) mass is 281 g/mol. The van der Waals surface area contributed by atoms with Gasteiger partial charge < -0.3 is 14.5 Å². The molecular weight excluding hydrogens is 264 g/mol. The molecule has 0 aliphatic heterocycles. The Morgan fingerprint density at radius 1 is 1.15 bits per heavy atom. The molecule has 0 aliphatic rings. The molecule has 0 atom stereocenters. The van der Waals surface area contributed by atoms with Crippen LogP contribution in [-0.2, 0) is 13.2 Å². The molecule has 0 unspecified atom stereocenters. The van der Waals surface area contributed by atoms with Crippen LogP contribution >= 0.6 is 0 Å². The number of benzene rings is 1. The van der Waals surface area contributed by atoms with Crippen molar-refractivity contribution in [2.45, 2.75) is 26.5 Å². The zero-order valence-electron chi connectivity index (χ0n) is 11.3. The van der Waals surface area contributed by atoms with Crippen LogP contribution in [0.15, 0.2) is 34.7 Å². The van der Waals surface area contributed by atoms with Crippen molar-refractivity contribution in [3.8, 4) is 5.75 Å². The molecule has 0 aliphatic carbocycles. The Bertz CT molecular complexity index is 555. The Morgan fingerprint density at radius 3 is 2.75 bits per heavy atom. The summed E-state index contributed by atoms with van der Waals surface area (Å²) in [6, 6.07) is 6.70. The minimum Gasteiger partial charge on any atom is -0.482 e. The molecule has 1 aromatic heterocycles. The van der Waals surface area contributed by atoms with Crippen molar-refractivity contribution in [3.05, 3.63) is 53.5 Å². The van der Waals surface area contributed by atoms with E-state index in [2.05, 4.69) is 12.2 Å². The van der Waals surface area contributed by atoms with Crippen molar-refractivity contribution in [2.24, 2.45) is 0 Å². The van der Waals surface area contributed by atoms with Crippen molar-refractivity contribution < 1.29 is 17.9 Å². The fourth-order valence-electron chi connectivity index (χ4n) is 1.72. The Labute approximate surface area is 116 Å². The van der Waals surface area contributed by atoms with E-state index >= 15 is 0 Å². The molecule has 1 aromatic carbocycles. The number of hydrogen-bond acceptors (Lipinski definition) is 3. The third kappa shape index (κ3) is 4.06. The first-order valence-electron chi connectivity index (χ1n) is 6.55. The average Bonchev–Trinajstić information content (AvgIpc) is 2.88. The van der Waals surface area contributed by atoms with Crippen molar-refractivity contribution >= 4 is 0 Å². The first kappa shape index (κ1) is 14.5. The smallest absolute Gasteiger partial charge is 0.165 e. The molecule has 1 N–H and O–H groups in total. The summed E-state index contributed by atoms with van der Waals surface area (Å²) in [4.78, 5) is 0. The van der Waals surface area contributed by atoms with E-state index in [1.54, 1.807) is 6.07 Å². The van der Waals surface area contributed by atoms with E-state index < -0.39 is 11.6 Å². The van der Waals surface area contributed by atoms with Crippen LogP contribution in [0.5, 0.6) is 5.75 Å². The lowest BCUT2D eigenvalue weighted by Crippen LogP contribution is -2.13. The highest BCUT2D eigenvalue weighted by atomic mass is 19.1. The first-order chi connectivity index (χ1) is 9.69. The molecule has 0 fully saturated rings. The zero-order valence-corrected chi connectivity index (χ0v) is 11.3. The maximum atomic E-state index is 13.4. The van der Waals surface area contributed by atoms with E-state index in [0.29, 0.717) is 12.3 Å². The molecule has 1 heterocycles. The van der Waals surface area contributed by atoms with E-state index in [1.165, 1.54) is 0 Å². The summed E-state index contributed by atoms with van der Waals surface area (Å²) in [5, 5.41) is 3.21. The van der Waals surface area contributed by atoms with Gasteiger partial charge in [0.25, 0.3) is 0 Å². The summed E-state index contributed by atoms with van der Waals surface area (Å²) in [5.74, 6) is 0.110. The van der Waals surface area contributed by atoms with Crippen LogP contribution in [0.1, 0.15) is 24.9 Å². The van der Waals surface area contributed by atoms with E-state index in [-0.39, 0.29) is 12.4 Å². The third-order valence-corrected chi connectivity index (χ3v) is 2.71. The summed E-state index contributed by atoms with van der Waals surface area (Å²) in [6.45, 7) is 3.71. The Kier molecular flexibility index (Phi) is 5.12. The summed E-state index contributed by atoms with van der Waals surface area (Å²) in [6.07, 6.45) is 1.05. The molecule has 0 bridgehead atoms. The molecule has 0 radical (unpaired) electrons. The SMILES string of the molecule is CCCNCc1ccc(COc2cc(F)ccc2F)o1. The summed E-state index contributed by atoms with van der Waals surface area (Å²) in [7, 11) is 0. The van der Waals surface area contributed by atoms with Gasteiger partial charge in [-0.3, -0.25) is 0 Å². The van der Waals surface area contributed by atoms with E-state index in [4.69, 9.17) is 9.15 Å². The van der Waals surface area contributed by atoms with Gasteiger partial charge in [-0.25, -0.2) is 8.78 Å². The van der Waals surface area contributed by atoms with Gasteiger partial charge in [0.15, 0.2) is 11.6 Å². The van der Waals surface area contributed by atoms with E-state index in [1.807, 2.05) is 6.07 Å². The van der Waals surface area contributed by atoms with Crippen LogP contribution in [-0.4, -0.2) is 6.54 Å². The normalized spacial score (nSPS) is 10.8. The highest BCUT2D eigenvalue weighted by Gasteiger charge is 2.07. The maximum Gasteiger partial charge on any atom is 0.165 e. The average molecular weight is 281 g/mol. The number of nitrogens with one attached hydrogen (secondary N) is 1. The molecular formula is C15H17F2NO2. The second kappa shape index (κ2) is 7.05. The van der Waals surface area contributed by atoms with Gasteiger partial charge in [0.2, 0.25) is 0 Å². The lowest BCUT2D eigenvalue weighted by Gasteiger charge is -2.05. The van der Waals surface area contributed by atoms with Gasteiger partial charge in [0.05, 0.1) is 6.54 Å². The molecule has 2 aromatic rings. The van der Waals surface area contributed by atoms with Crippen molar-refractivity contribution in [2.75, 3.05) is 6.54 Å². The van der Waals surface area contributed by atoms with E-state index in [9.17, 15) is 8.78 Å². The van der Waals surface area contributed by atoms with Crippen LogP contribution < -0.4 is 10.1 Å². The lowest BCUT2D eigenvalue weighted by molar-refractivity contribution is 0.253. The molecule has 108 valence electrons. The largest absolute Gasteiger partial charge is 0.482 e. The van der Waals surface area contributed by atoms with Crippen LogP contribution in [0.25, 0.3) is 0 Å². The van der Waals surface area contributed by atoms with E-state index in [0.717, 1.165) is 36.9 Å². The van der Waals surface area contributed by atoms with Crippen LogP contribution in [0.4, 0.5) is 8.78 Å². The standard InChI is InChI=1S/C15H17F2NO2/c1-2-7-18-9-12-4-5-13(20-12)10-19-15-8-11(16)3-6-14(15)17/h3-6,8,18H,2,7,9-10H2,1H3. The topological polar surface area (TPSA) is 34.4 Å². The number of furan rings is 1. The first-order valence-corrected chi connectivity index (χ1v) is 6.55. The maximum absolute atomic E-state index is 13.4. The predicted molar refractivity (Wildman–Crippen MR) is 71.4 cm³/mol. The molecule has 0 spiro atoms. The molecule has 20 heavy (non-hydrogen) atoms.